The van der Waals surface area contributed by atoms with Gasteiger partial charge in [0.05, 0.1) is 18.9 Å². The van der Waals surface area contributed by atoms with Gasteiger partial charge >= 0.3 is 0 Å². The van der Waals surface area contributed by atoms with Crippen LogP contribution in [0.2, 0.25) is 0 Å². The third kappa shape index (κ3) is 3.41. The zero-order chi connectivity index (χ0) is 17.2. The molecule has 25 heavy (non-hydrogen) atoms. The van der Waals surface area contributed by atoms with Gasteiger partial charge in [0.25, 0.3) is 5.91 Å². The molecule has 1 amide bonds. The van der Waals surface area contributed by atoms with Crippen molar-refractivity contribution in [2.45, 2.75) is 19.3 Å². The number of morpholine rings is 1. The average Bonchev–Trinajstić information content (AvgIpc) is 3.30. The monoisotopic (exact) mass is 357 g/mol. The Balaban J connectivity index is 1.47. The van der Waals surface area contributed by atoms with E-state index in [1.54, 1.807) is 0 Å². The van der Waals surface area contributed by atoms with E-state index in [9.17, 15) is 4.79 Å². The van der Waals surface area contributed by atoms with Crippen molar-refractivity contribution in [1.29, 1.82) is 0 Å². The smallest absolute Gasteiger partial charge is 0.265 e. The highest BCUT2D eigenvalue weighted by atomic mass is 32.1. The normalized spacial score (nSPS) is 20.9. The number of hydrogen-bond donors (Lipinski definition) is 0. The Kier molecular flexibility index (Phi) is 4.72. The van der Waals surface area contributed by atoms with Crippen LogP contribution in [0, 0.1) is 6.92 Å². The summed E-state index contributed by atoms with van der Waals surface area (Å²) in [4.78, 5) is 22.6. The van der Waals surface area contributed by atoms with Gasteiger partial charge < -0.3 is 14.5 Å². The van der Waals surface area contributed by atoms with Crippen molar-refractivity contribution in [3.8, 4) is 0 Å². The zero-order valence-electron chi connectivity index (χ0n) is 14.5. The molecule has 2 aliphatic heterocycles. The van der Waals surface area contributed by atoms with E-state index in [1.165, 1.54) is 16.9 Å². The maximum atomic E-state index is 13.0. The van der Waals surface area contributed by atoms with Crippen molar-refractivity contribution in [1.82, 2.24) is 9.88 Å². The average molecular weight is 357 g/mol. The topological polar surface area (TPSA) is 45.7 Å². The first kappa shape index (κ1) is 16.5. The molecule has 0 aliphatic carbocycles. The lowest BCUT2D eigenvalue weighted by Gasteiger charge is -2.26. The molecule has 5 nitrogen and oxygen atoms in total. The number of thiazole rings is 1. The summed E-state index contributed by atoms with van der Waals surface area (Å²) in [5.74, 6) is 0.574. The second-order valence-electron chi connectivity index (χ2n) is 6.66. The van der Waals surface area contributed by atoms with Crippen molar-refractivity contribution in [2.75, 3.05) is 44.3 Å². The summed E-state index contributed by atoms with van der Waals surface area (Å²) in [5, 5.41) is 0.947. The number of carbonyl (C=O) groups is 1. The van der Waals surface area contributed by atoms with Gasteiger partial charge in [-0.1, -0.05) is 41.7 Å². The van der Waals surface area contributed by atoms with Gasteiger partial charge in [0.15, 0.2) is 5.13 Å². The number of rotatable bonds is 3. The van der Waals surface area contributed by atoms with Crippen LogP contribution in [0.5, 0.6) is 0 Å². The van der Waals surface area contributed by atoms with E-state index in [0.717, 1.165) is 61.5 Å². The van der Waals surface area contributed by atoms with Crippen LogP contribution in [0.1, 0.15) is 33.3 Å². The fraction of sp³-hybridized carbons (Fsp3) is 0.474. The molecule has 0 spiro atoms. The van der Waals surface area contributed by atoms with Crippen molar-refractivity contribution in [2.24, 2.45) is 0 Å². The molecule has 0 N–H and O–H groups in total. The third-order valence-corrected chi connectivity index (χ3v) is 6.21. The van der Waals surface area contributed by atoms with Gasteiger partial charge in [-0.05, 0) is 18.9 Å². The summed E-state index contributed by atoms with van der Waals surface area (Å²) >= 11 is 1.53. The number of benzene rings is 1. The van der Waals surface area contributed by atoms with Crippen LogP contribution in [0.25, 0.3) is 0 Å². The maximum Gasteiger partial charge on any atom is 0.265 e. The fourth-order valence-corrected chi connectivity index (χ4v) is 4.64. The predicted molar refractivity (Wildman–Crippen MR) is 99.6 cm³/mol. The molecule has 2 aromatic rings. The van der Waals surface area contributed by atoms with Gasteiger partial charge in [0.1, 0.15) is 4.88 Å². The lowest BCUT2D eigenvalue weighted by molar-refractivity contribution is 0.0794. The summed E-state index contributed by atoms with van der Waals surface area (Å²) in [7, 11) is 0. The van der Waals surface area contributed by atoms with Crippen molar-refractivity contribution < 1.29 is 9.53 Å². The Bertz CT molecular complexity index is 740. The molecule has 0 unspecified atom stereocenters. The number of nitrogens with zero attached hydrogens (tertiary/aromatic N) is 3. The van der Waals surface area contributed by atoms with E-state index in [0.29, 0.717) is 5.92 Å². The summed E-state index contributed by atoms with van der Waals surface area (Å²) in [5.41, 5.74) is 2.17. The van der Waals surface area contributed by atoms with Crippen LogP contribution in [-0.2, 0) is 4.74 Å². The first-order valence-corrected chi connectivity index (χ1v) is 9.68. The van der Waals surface area contributed by atoms with E-state index in [1.807, 2.05) is 17.9 Å². The maximum absolute atomic E-state index is 13.0. The number of ether oxygens (including phenoxy) is 1. The molecule has 132 valence electrons. The van der Waals surface area contributed by atoms with Crippen LogP contribution < -0.4 is 4.90 Å². The molecule has 2 saturated heterocycles. The van der Waals surface area contributed by atoms with E-state index in [4.69, 9.17) is 4.74 Å². The minimum absolute atomic E-state index is 0.132. The first-order chi connectivity index (χ1) is 12.2. The van der Waals surface area contributed by atoms with Gasteiger partial charge in [-0.25, -0.2) is 4.98 Å². The quantitative estimate of drug-likeness (QED) is 0.847. The molecule has 0 bridgehead atoms. The molecule has 2 fully saturated rings. The molecule has 1 atom stereocenters. The lowest BCUT2D eigenvalue weighted by atomic mass is 9.99. The number of carbonyl (C=O) groups excluding carboxylic acids is 1. The molecule has 6 heteroatoms. The highest BCUT2D eigenvalue weighted by Crippen LogP contribution is 2.32. The number of hydrogen-bond acceptors (Lipinski definition) is 5. The van der Waals surface area contributed by atoms with Gasteiger partial charge in [-0.2, -0.15) is 0 Å². The molecule has 2 aliphatic rings. The summed E-state index contributed by atoms with van der Waals surface area (Å²) < 4.78 is 5.40. The Labute approximate surface area is 152 Å². The minimum Gasteiger partial charge on any atom is -0.378 e. The highest BCUT2D eigenvalue weighted by Gasteiger charge is 2.30. The zero-order valence-corrected chi connectivity index (χ0v) is 15.3. The predicted octanol–water partition coefficient (Wildman–Crippen LogP) is 2.92. The van der Waals surface area contributed by atoms with Gasteiger partial charge in [-0.3, -0.25) is 4.79 Å². The van der Waals surface area contributed by atoms with Crippen LogP contribution in [-0.4, -0.2) is 55.2 Å². The molecule has 3 heterocycles. The number of amides is 1. The fourth-order valence-electron chi connectivity index (χ4n) is 3.56. The van der Waals surface area contributed by atoms with Crippen molar-refractivity contribution in [3.05, 3.63) is 46.5 Å². The molecule has 1 aromatic carbocycles. The Hall–Kier alpha value is -1.92. The van der Waals surface area contributed by atoms with Crippen LogP contribution in [0.3, 0.4) is 0 Å². The summed E-state index contributed by atoms with van der Waals surface area (Å²) in [6, 6.07) is 10.5. The van der Waals surface area contributed by atoms with Gasteiger partial charge in [0.2, 0.25) is 0 Å². The van der Waals surface area contributed by atoms with E-state index in [2.05, 4.69) is 34.1 Å². The van der Waals surface area contributed by atoms with E-state index in [-0.39, 0.29) is 5.91 Å². The van der Waals surface area contributed by atoms with E-state index < -0.39 is 0 Å². The molecule has 1 aromatic heterocycles. The standard InChI is InChI=1S/C19H23N3O2S/c1-14-17(25-19(20-14)21-9-11-24-12-10-21)18(23)22-8-7-16(13-22)15-5-3-2-4-6-15/h2-6,16H,7-13H2,1H3/t16-/m1/s1. The number of anilines is 1. The Morgan fingerprint density at radius 1 is 1.20 bits per heavy atom. The van der Waals surface area contributed by atoms with Crippen LogP contribution >= 0.6 is 11.3 Å². The summed E-state index contributed by atoms with van der Waals surface area (Å²) in [6.07, 6.45) is 1.03. The number of aryl methyl sites for hydroxylation is 1. The van der Waals surface area contributed by atoms with Gasteiger partial charge in [0, 0.05) is 32.1 Å². The van der Waals surface area contributed by atoms with E-state index >= 15 is 0 Å². The number of aromatic nitrogens is 1. The van der Waals surface area contributed by atoms with Crippen molar-refractivity contribution in [3.63, 3.8) is 0 Å². The SMILES string of the molecule is Cc1nc(N2CCOCC2)sc1C(=O)N1CC[C@@H](c2ccccc2)C1. The molecular weight excluding hydrogens is 334 g/mol. The molecule has 0 saturated carbocycles. The second-order valence-corrected chi connectivity index (χ2v) is 7.64. The Morgan fingerprint density at radius 3 is 2.72 bits per heavy atom. The first-order valence-electron chi connectivity index (χ1n) is 8.86. The summed E-state index contributed by atoms with van der Waals surface area (Å²) in [6.45, 7) is 6.72. The molecule has 0 radical (unpaired) electrons. The highest BCUT2D eigenvalue weighted by molar-refractivity contribution is 7.17. The van der Waals surface area contributed by atoms with Crippen LogP contribution in [0.15, 0.2) is 30.3 Å². The minimum atomic E-state index is 0.132. The Morgan fingerprint density at radius 2 is 1.96 bits per heavy atom. The van der Waals surface area contributed by atoms with Crippen molar-refractivity contribution >= 4 is 22.4 Å². The number of likely N-dealkylation sites (tertiary alicyclic amines) is 1. The van der Waals surface area contributed by atoms with Crippen LogP contribution in [0.4, 0.5) is 5.13 Å². The van der Waals surface area contributed by atoms with Gasteiger partial charge in [-0.15, -0.1) is 0 Å². The lowest BCUT2D eigenvalue weighted by Crippen LogP contribution is -2.36. The third-order valence-electron chi connectivity index (χ3n) is 5.01. The second kappa shape index (κ2) is 7.14. The molecule has 4 rings (SSSR count). The molecular formula is C19H23N3O2S. The largest absolute Gasteiger partial charge is 0.378 e.